The Hall–Kier alpha value is -3.67. The van der Waals surface area contributed by atoms with E-state index < -0.39 is 5.97 Å². The standard InChI is InChI=1S/C22H21N3O3/c1-3-28-22(27)17-9-5-7-11-19(17)24-16-12-13-20(23-14-16)21(26)25-18-10-6-4-8-15(18)2/h4-14,24H,3H2,1-2H3,(H,25,26). The Balaban J connectivity index is 1.73. The smallest absolute Gasteiger partial charge is 0.340 e. The Morgan fingerprint density at radius 2 is 1.68 bits per heavy atom. The fourth-order valence-corrected chi connectivity index (χ4v) is 2.64. The van der Waals surface area contributed by atoms with Crippen molar-refractivity contribution in [2.24, 2.45) is 0 Å². The fourth-order valence-electron chi connectivity index (χ4n) is 2.64. The van der Waals surface area contributed by atoms with Crippen molar-refractivity contribution in [1.82, 2.24) is 4.98 Å². The molecule has 0 bridgehead atoms. The number of carbonyl (C=O) groups excluding carboxylic acids is 2. The van der Waals surface area contributed by atoms with Crippen molar-refractivity contribution in [2.75, 3.05) is 17.2 Å². The molecule has 0 aliphatic carbocycles. The largest absolute Gasteiger partial charge is 0.462 e. The summed E-state index contributed by atoms with van der Waals surface area (Å²) in [6.07, 6.45) is 1.55. The van der Waals surface area contributed by atoms with Gasteiger partial charge in [-0.2, -0.15) is 0 Å². The minimum absolute atomic E-state index is 0.284. The number of nitrogens with zero attached hydrogens (tertiary/aromatic N) is 1. The quantitative estimate of drug-likeness (QED) is 0.617. The summed E-state index contributed by atoms with van der Waals surface area (Å²) in [4.78, 5) is 28.7. The lowest BCUT2D eigenvalue weighted by Gasteiger charge is -2.12. The maximum Gasteiger partial charge on any atom is 0.340 e. The molecule has 6 heteroatoms. The summed E-state index contributed by atoms with van der Waals surface area (Å²) in [5.74, 6) is -0.680. The van der Waals surface area contributed by atoms with Crippen LogP contribution < -0.4 is 10.6 Å². The van der Waals surface area contributed by atoms with E-state index in [4.69, 9.17) is 4.74 Å². The summed E-state index contributed by atoms with van der Waals surface area (Å²) >= 11 is 0. The van der Waals surface area contributed by atoms with Gasteiger partial charge in [-0.25, -0.2) is 9.78 Å². The number of amides is 1. The summed E-state index contributed by atoms with van der Waals surface area (Å²) in [5.41, 5.74) is 3.73. The van der Waals surface area contributed by atoms with Crippen molar-refractivity contribution in [3.05, 3.63) is 83.7 Å². The molecule has 0 saturated heterocycles. The van der Waals surface area contributed by atoms with Gasteiger partial charge in [0.15, 0.2) is 0 Å². The van der Waals surface area contributed by atoms with Gasteiger partial charge < -0.3 is 15.4 Å². The van der Waals surface area contributed by atoms with E-state index in [0.717, 1.165) is 11.3 Å². The lowest BCUT2D eigenvalue weighted by atomic mass is 10.1. The second-order valence-electron chi connectivity index (χ2n) is 6.09. The van der Waals surface area contributed by atoms with Gasteiger partial charge in [-0.1, -0.05) is 30.3 Å². The lowest BCUT2D eigenvalue weighted by molar-refractivity contribution is 0.0527. The van der Waals surface area contributed by atoms with Gasteiger partial charge in [-0.15, -0.1) is 0 Å². The first-order valence-corrected chi connectivity index (χ1v) is 8.94. The van der Waals surface area contributed by atoms with Gasteiger partial charge in [0, 0.05) is 5.69 Å². The highest BCUT2D eigenvalue weighted by Gasteiger charge is 2.13. The minimum Gasteiger partial charge on any atom is -0.462 e. The summed E-state index contributed by atoms with van der Waals surface area (Å²) in [6, 6.07) is 18.0. The number of hydrogen-bond donors (Lipinski definition) is 2. The second-order valence-corrected chi connectivity index (χ2v) is 6.09. The molecule has 1 amide bonds. The molecule has 3 rings (SSSR count). The van der Waals surface area contributed by atoms with Crippen LogP contribution in [0.15, 0.2) is 66.9 Å². The molecule has 0 spiro atoms. The predicted octanol–water partition coefficient (Wildman–Crippen LogP) is 4.56. The van der Waals surface area contributed by atoms with Crippen molar-refractivity contribution < 1.29 is 14.3 Å². The molecule has 6 nitrogen and oxygen atoms in total. The van der Waals surface area contributed by atoms with Crippen LogP contribution in [0.1, 0.15) is 33.3 Å². The molecule has 3 aromatic rings. The zero-order valence-electron chi connectivity index (χ0n) is 15.7. The summed E-state index contributed by atoms with van der Waals surface area (Å²) in [5, 5.41) is 5.99. The number of nitrogens with one attached hydrogen (secondary N) is 2. The van der Waals surface area contributed by atoms with Crippen LogP contribution >= 0.6 is 0 Å². The van der Waals surface area contributed by atoms with Crippen LogP contribution in [0.4, 0.5) is 17.1 Å². The normalized spacial score (nSPS) is 10.2. The number of carbonyl (C=O) groups is 2. The van der Waals surface area contributed by atoms with Crippen LogP contribution in [0.25, 0.3) is 0 Å². The van der Waals surface area contributed by atoms with E-state index in [1.165, 1.54) is 0 Å². The van der Waals surface area contributed by atoms with Gasteiger partial charge in [-0.05, 0) is 49.7 Å². The molecule has 0 unspecified atom stereocenters. The summed E-state index contributed by atoms with van der Waals surface area (Å²) < 4.78 is 5.08. The molecule has 0 fully saturated rings. The molecule has 0 radical (unpaired) electrons. The number of esters is 1. The second kappa shape index (κ2) is 8.81. The van der Waals surface area contributed by atoms with Crippen LogP contribution in [0, 0.1) is 6.92 Å². The Kier molecular flexibility index (Phi) is 6.01. The SMILES string of the molecule is CCOC(=O)c1ccccc1Nc1ccc(C(=O)Nc2ccccc2C)nc1. The van der Waals surface area contributed by atoms with Crippen LogP contribution in [-0.4, -0.2) is 23.5 Å². The van der Waals surface area contributed by atoms with E-state index in [1.54, 1.807) is 43.5 Å². The van der Waals surface area contributed by atoms with Crippen LogP contribution in [0.3, 0.4) is 0 Å². The highest BCUT2D eigenvalue weighted by Crippen LogP contribution is 2.22. The highest BCUT2D eigenvalue weighted by molar-refractivity contribution is 6.03. The average molecular weight is 375 g/mol. The Bertz CT molecular complexity index is 984. The number of aryl methyl sites for hydroxylation is 1. The molecule has 0 atom stereocenters. The molecule has 28 heavy (non-hydrogen) atoms. The number of anilines is 3. The van der Waals surface area contributed by atoms with E-state index >= 15 is 0 Å². The molecule has 0 aliphatic rings. The molecular weight excluding hydrogens is 354 g/mol. The monoisotopic (exact) mass is 375 g/mol. The first-order chi connectivity index (χ1) is 13.6. The molecule has 1 aromatic heterocycles. The summed E-state index contributed by atoms with van der Waals surface area (Å²) in [6.45, 7) is 4.00. The van der Waals surface area contributed by atoms with Gasteiger partial charge in [0.2, 0.25) is 0 Å². The first-order valence-electron chi connectivity index (χ1n) is 8.94. The van der Waals surface area contributed by atoms with E-state index in [-0.39, 0.29) is 5.91 Å². The lowest BCUT2D eigenvalue weighted by Crippen LogP contribution is -2.14. The third-order valence-corrected chi connectivity index (χ3v) is 4.09. The highest BCUT2D eigenvalue weighted by atomic mass is 16.5. The predicted molar refractivity (Wildman–Crippen MR) is 109 cm³/mol. The Labute approximate surface area is 163 Å². The zero-order valence-corrected chi connectivity index (χ0v) is 15.7. The minimum atomic E-state index is -0.396. The first kappa shape index (κ1) is 19.1. The van der Waals surface area contributed by atoms with Gasteiger partial charge in [-0.3, -0.25) is 4.79 Å². The van der Waals surface area contributed by atoms with Crippen LogP contribution in [-0.2, 0) is 4.74 Å². The Morgan fingerprint density at radius 1 is 0.964 bits per heavy atom. The van der Waals surface area contributed by atoms with Gasteiger partial charge in [0.05, 0.1) is 29.7 Å². The van der Waals surface area contributed by atoms with E-state index in [2.05, 4.69) is 15.6 Å². The molecule has 2 N–H and O–H groups in total. The van der Waals surface area contributed by atoms with Crippen molar-refractivity contribution >= 4 is 28.9 Å². The van der Waals surface area contributed by atoms with Crippen molar-refractivity contribution in [2.45, 2.75) is 13.8 Å². The van der Waals surface area contributed by atoms with Crippen molar-refractivity contribution in [1.29, 1.82) is 0 Å². The third kappa shape index (κ3) is 4.54. The third-order valence-electron chi connectivity index (χ3n) is 4.09. The molecule has 1 heterocycles. The number of pyridine rings is 1. The van der Waals surface area contributed by atoms with Gasteiger partial charge in [0.25, 0.3) is 5.91 Å². The summed E-state index contributed by atoms with van der Waals surface area (Å²) in [7, 11) is 0. The van der Waals surface area contributed by atoms with E-state index in [9.17, 15) is 9.59 Å². The van der Waals surface area contributed by atoms with E-state index in [1.807, 2.05) is 37.3 Å². The van der Waals surface area contributed by atoms with Crippen LogP contribution in [0.2, 0.25) is 0 Å². The molecule has 0 aliphatic heterocycles. The fraction of sp³-hybridized carbons (Fsp3) is 0.136. The average Bonchev–Trinajstić information content (AvgIpc) is 2.71. The maximum absolute atomic E-state index is 12.4. The number of para-hydroxylation sites is 2. The zero-order chi connectivity index (χ0) is 19.9. The molecule has 0 saturated carbocycles. The number of hydrogen-bond acceptors (Lipinski definition) is 5. The Morgan fingerprint density at radius 3 is 2.36 bits per heavy atom. The number of aromatic nitrogens is 1. The van der Waals surface area contributed by atoms with Crippen molar-refractivity contribution in [3.63, 3.8) is 0 Å². The number of benzene rings is 2. The van der Waals surface area contributed by atoms with Gasteiger partial charge in [0.1, 0.15) is 5.69 Å². The van der Waals surface area contributed by atoms with E-state index in [0.29, 0.717) is 29.2 Å². The molecule has 2 aromatic carbocycles. The number of ether oxygens (including phenoxy) is 1. The van der Waals surface area contributed by atoms with Gasteiger partial charge >= 0.3 is 5.97 Å². The molecular formula is C22H21N3O3. The maximum atomic E-state index is 12.4. The molecule has 142 valence electrons. The number of rotatable bonds is 6. The van der Waals surface area contributed by atoms with Crippen LogP contribution in [0.5, 0.6) is 0 Å². The van der Waals surface area contributed by atoms with Crippen molar-refractivity contribution in [3.8, 4) is 0 Å². The topological polar surface area (TPSA) is 80.3 Å².